The quantitative estimate of drug-likeness (QED) is 0.176. The van der Waals surface area contributed by atoms with E-state index >= 15 is 0 Å². The summed E-state index contributed by atoms with van der Waals surface area (Å²) in [7, 11) is -4.51. The summed E-state index contributed by atoms with van der Waals surface area (Å²) in [6.07, 6.45) is 8.17. The van der Waals surface area contributed by atoms with E-state index in [2.05, 4.69) is 20.3 Å². The van der Waals surface area contributed by atoms with Crippen LogP contribution in [0.5, 0.6) is 0 Å². The smallest absolute Gasteiger partial charge is 0.766 e. The molecular weight excluding hydrogens is 459 g/mol. The van der Waals surface area contributed by atoms with Gasteiger partial charge in [0.05, 0.1) is 31.0 Å². The van der Waals surface area contributed by atoms with E-state index in [0.29, 0.717) is 29.4 Å². The third-order valence-electron chi connectivity index (χ3n) is 5.03. The van der Waals surface area contributed by atoms with Gasteiger partial charge in [-0.3, -0.25) is 4.57 Å². The molecule has 1 fully saturated rings. The molecule has 1 unspecified atom stereocenters. The molecular formula is C17H22N7Na2O5P. The van der Waals surface area contributed by atoms with Gasteiger partial charge in [-0.1, -0.05) is 12.2 Å². The van der Waals surface area contributed by atoms with Gasteiger partial charge in [-0.05, 0) is 26.2 Å². The molecule has 12 nitrogen and oxygen atoms in total. The van der Waals surface area contributed by atoms with Crippen LogP contribution in [0.15, 0.2) is 18.5 Å². The number of hydrogen-bond donors (Lipinski definition) is 3. The van der Waals surface area contributed by atoms with Crippen LogP contribution >= 0.6 is 7.75 Å². The molecule has 2 aromatic rings. The van der Waals surface area contributed by atoms with Crippen molar-refractivity contribution >= 4 is 36.6 Å². The topological polar surface area (TPSA) is 183 Å². The number of carbonyl (C=O) groups excluding carboxylic acids is 1. The molecule has 2 aliphatic carbocycles. The molecule has 15 heteroatoms. The van der Waals surface area contributed by atoms with Crippen LogP contribution in [0.2, 0.25) is 0 Å². The normalized spacial score (nSPS) is 22.6. The maximum Gasteiger partial charge on any atom is 1.00 e. The van der Waals surface area contributed by atoms with Crippen LogP contribution in [0.4, 0.5) is 11.8 Å². The molecule has 4 N–H and O–H groups in total. The summed E-state index contributed by atoms with van der Waals surface area (Å²) in [5, 5.41) is 15.9. The number of fused-ring (bicyclic) bond motifs is 1. The van der Waals surface area contributed by atoms with E-state index in [-0.39, 0.29) is 83.6 Å². The molecule has 1 saturated carbocycles. The summed E-state index contributed by atoms with van der Waals surface area (Å²) in [5.74, 6) is -0.951. The molecule has 4 atom stereocenters. The molecule has 2 aliphatic rings. The molecule has 0 bridgehead atoms. The van der Waals surface area contributed by atoms with Gasteiger partial charge < -0.3 is 34.9 Å². The number of imidazole rings is 1. The standard InChI is InChI=1S/C17H24N7O5P.2Na/c1-9(16(25)26)23-30(27,28)29-7-10-2-5-12(6-10)24-8-19-13-14(20-11-3-4-11)21-17(18)22-15(13)24;;/h2,5,8-12H,3-4,6-7H2,1H3,(H,25,26)(H2,23,27,28)(H3,18,20,21,22);;/q;2*+1/p-2/t9-,10+,12-;;/m0../s1. The molecule has 0 saturated heterocycles. The Morgan fingerprint density at radius 2 is 2.09 bits per heavy atom. The van der Waals surface area contributed by atoms with Crippen LogP contribution in [0.25, 0.3) is 11.2 Å². The third-order valence-corrected chi connectivity index (χ3v) is 6.22. The van der Waals surface area contributed by atoms with Crippen molar-refractivity contribution in [3.05, 3.63) is 18.5 Å². The summed E-state index contributed by atoms with van der Waals surface area (Å²) in [5.41, 5.74) is 7.10. The van der Waals surface area contributed by atoms with Crippen LogP contribution < -0.4 is 85.3 Å². The summed E-state index contributed by atoms with van der Waals surface area (Å²) in [6.45, 7) is 1.05. The minimum absolute atomic E-state index is 0. The fourth-order valence-corrected chi connectivity index (χ4v) is 4.34. The maximum absolute atomic E-state index is 11.9. The Balaban J connectivity index is 0.00000181. The second-order valence-electron chi connectivity index (χ2n) is 7.58. The Morgan fingerprint density at radius 3 is 2.75 bits per heavy atom. The van der Waals surface area contributed by atoms with E-state index in [0.717, 1.165) is 12.8 Å². The Bertz CT molecular complexity index is 1050. The van der Waals surface area contributed by atoms with Crippen molar-refractivity contribution in [1.82, 2.24) is 24.6 Å². The van der Waals surface area contributed by atoms with E-state index in [1.165, 1.54) is 6.92 Å². The predicted octanol–water partition coefficient (Wildman–Crippen LogP) is -6.68. The van der Waals surface area contributed by atoms with Crippen molar-refractivity contribution in [3.8, 4) is 0 Å². The first kappa shape index (κ1) is 27.7. The van der Waals surface area contributed by atoms with Crippen molar-refractivity contribution in [2.75, 3.05) is 17.7 Å². The number of nitrogens with two attached hydrogens (primary N) is 1. The minimum atomic E-state index is -4.51. The zero-order chi connectivity index (χ0) is 21.5. The largest absolute Gasteiger partial charge is 1.00 e. The molecule has 2 heterocycles. The van der Waals surface area contributed by atoms with Crippen LogP contribution in [0.1, 0.15) is 32.2 Å². The van der Waals surface area contributed by atoms with E-state index in [1.807, 2.05) is 21.8 Å². The molecule has 32 heavy (non-hydrogen) atoms. The van der Waals surface area contributed by atoms with Gasteiger partial charge in [-0.15, -0.1) is 0 Å². The average molecular weight is 481 g/mol. The van der Waals surface area contributed by atoms with Crippen LogP contribution in [-0.4, -0.2) is 44.2 Å². The van der Waals surface area contributed by atoms with Crippen molar-refractivity contribution in [1.29, 1.82) is 0 Å². The Labute approximate surface area is 229 Å². The number of nitrogen functional groups attached to an aromatic ring is 1. The van der Waals surface area contributed by atoms with E-state index < -0.39 is 19.8 Å². The van der Waals surface area contributed by atoms with Crippen LogP contribution in [-0.2, 0) is 13.9 Å². The van der Waals surface area contributed by atoms with E-state index in [1.54, 1.807) is 6.33 Å². The molecule has 2 aromatic heterocycles. The molecule has 162 valence electrons. The number of nitrogens with zero attached hydrogens (tertiary/aromatic N) is 4. The molecule has 4 rings (SSSR count). The van der Waals surface area contributed by atoms with Gasteiger partial charge in [0.25, 0.3) is 0 Å². The minimum Gasteiger partial charge on any atom is -0.766 e. The van der Waals surface area contributed by atoms with Crippen molar-refractivity contribution < 1.29 is 83.0 Å². The molecule has 0 aliphatic heterocycles. The zero-order valence-electron chi connectivity index (χ0n) is 18.2. The van der Waals surface area contributed by atoms with Crippen molar-refractivity contribution in [2.24, 2.45) is 5.92 Å². The van der Waals surface area contributed by atoms with Gasteiger partial charge in [0, 0.05) is 12.0 Å². The summed E-state index contributed by atoms with van der Waals surface area (Å²) < 4.78 is 18.7. The van der Waals surface area contributed by atoms with Gasteiger partial charge in [0.2, 0.25) is 13.7 Å². The van der Waals surface area contributed by atoms with Crippen LogP contribution in [0.3, 0.4) is 0 Å². The van der Waals surface area contributed by atoms with Gasteiger partial charge in [0.1, 0.15) is 0 Å². The number of carbonyl (C=O) groups is 1. The molecule has 0 aromatic carbocycles. The number of anilines is 2. The SMILES string of the molecule is C[C@H](NP(=O)([O-])OC[C@@H]1C=C[C@H](n2cnc3c(NC4CC4)nc(N)nc32)C1)C(=O)[O-].[Na+].[Na+]. The third kappa shape index (κ3) is 6.75. The zero-order valence-corrected chi connectivity index (χ0v) is 23.1. The number of rotatable bonds is 9. The van der Waals surface area contributed by atoms with Crippen molar-refractivity contribution in [2.45, 2.75) is 44.3 Å². The number of hydrogen-bond acceptors (Lipinski definition) is 10. The number of carboxylic acids is 1. The number of carboxylic acid groups (broad SMARTS) is 1. The summed E-state index contributed by atoms with van der Waals surface area (Å²) in [4.78, 5) is 35.6. The molecule has 0 radical (unpaired) electrons. The van der Waals surface area contributed by atoms with E-state index in [4.69, 9.17) is 10.3 Å². The first-order valence-corrected chi connectivity index (χ1v) is 11.2. The van der Waals surface area contributed by atoms with Gasteiger partial charge in [0.15, 0.2) is 17.0 Å². The number of aromatic nitrogens is 4. The average Bonchev–Trinajstić information content (AvgIpc) is 3.19. The van der Waals surface area contributed by atoms with Gasteiger partial charge in [-0.2, -0.15) is 9.97 Å². The van der Waals surface area contributed by atoms with E-state index in [9.17, 15) is 19.4 Å². The second-order valence-corrected chi connectivity index (χ2v) is 9.10. The second kappa shape index (κ2) is 11.3. The number of allylic oxidation sites excluding steroid dienone is 1. The monoisotopic (exact) mass is 481 g/mol. The Kier molecular flexibility index (Phi) is 9.75. The summed E-state index contributed by atoms with van der Waals surface area (Å²) >= 11 is 0. The first-order chi connectivity index (χ1) is 14.2. The predicted molar refractivity (Wildman–Crippen MR) is 104 cm³/mol. The van der Waals surface area contributed by atoms with Crippen molar-refractivity contribution in [3.63, 3.8) is 0 Å². The Morgan fingerprint density at radius 1 is 1.38 bits per heavy atom. The fraction of sp³-hybridized carbons (Fsp3) is 0.529. The van der Waals surface area contributed by atoms with Gasteiger partial charge >= 0.3 is 59.1 Å². The van der Waals surface area contributed by atoms with Gasteiger partial charge in [-0.25, -0.2) is 10.1 Å². The van der Waals surface area contributed by atoms with Crippen LogP contribution in [0, 0.1) is 5.92 Å². The summed E-state index contributed by atoms with van der Waals surface area (Å²) in [6, 6.07) is -1.09. The molecule has 0 spiro atoms. The first-order valence-electron chi connectivity index (χ1n) is 9.61. The number of nitrogens with one attached hydrogen (secondary N) is 2. The number of aliphatic carboxylic acids is 1. The maximum atomic E-state index is 11.9. The Hall–Kier alpha value is -0.530. The molecule has 0 amide bonds. The fourth-order valence-electron chi connectivity index (χ4n) is 3.30.